The van der Waals surface area contributed by atoms with Gasteiger partial charge in [0.05, 0.1) is 0 Å². The summed E-state index contributed by atoms with van der Waals surface area (Å²) in [5.74, 6) is 2.43. The van der Waals surface area contributed by atoms with E-state index >= 15 is 0 Å². The normalized spacial score (nSPS) is 24.4. The fourth-order valence-electron chi connectivity index (χ4n) is 6.76. The van der Waals surface area contributed by atoms with Gasteiger partial charge in [-0.05, 0) is 117 Å². The van der Waals surface area contributed by atoms with Crippen molar-refractivity contribution in [2.24, 2.45) is 11.8 Å². The second kappa shape index (κ2) is 9.82. The monoisotopic (exact) mass is 479 g/mol. The number of nitrogens with zero attached hydrogens (tertiary/aromatic N) is 3. The molecule has 0 aliphatic carbocycles. The predicted molar refractivity (Wildman–Crippen MR) is 139 cm³/mol. The fourth-order valence-corrected chi connectivity index (χ4v) is 6.92. The van der Waals surface area contributed by atoms with Crippen LogP contribution in [0.5, 0.6) is 0 Å². The Morgan fingerprint density at radius 2 is 1.00 bits per heavy atom. The number of hydrogen-bond donors (Lipinski definition) is 4. The van der Waals surface area contributed by atoms with Crippen LogP contribution in [0, 0.1) is 11.8 Å². The molecular weight excluding hydrogens is 434 g/mol. The number of anilines is 2. The molecule has 0 spiro atoms. The van der Waals surface area contributed by atoms with Crippen molar-refractivity contribution >= 4 is 23.5 Å². The summed E-state index contributed by atoms with van der Waals surface area (Å²) in [4.78, 5) is 13.1. The molecule has 1 aromatic heterocycles. The third-order valence-electron chi connectivity index (χ3n) is 6.83. The molecule has 2 saturated heterocycles. The Bertz CT molecular complexity index is 712. The zero-order valence-corrected chi connectivity index (χ0v) is 22.8. The smallest absolute Gasteiger partial charge is 0.228 e. The molecule has 0 bridgehead atoms. The van der Waals surface area contributed by atoms with Crippen LogP contribution in [0.15, 0.2) is 0 Å². The number of piperidine rings is 2. The fraction of sp³-hybridized carbons (Fsp3) is 0.880. The maximum Gasteiger partial charge on any atom is 0.228 e. The lowest BCUT2D eigenvalue weighted by molar-refractivity contribution is 0.125. The maximum absolute atomic E-state index is 6.20. The van der Waals surface area contributed by atoms with Gasteiger partial charge in [-0.2, -0.15) is 15.0 Å². The molecule has 7 nitrogen and oxygen atoms in total. The van der Waals surface area contributed by atoms with Crippen molar-refractivity contribution in [3.8, 4) is 0 Å². The van der Waals surface area contributed by atoms with Gasteiger partial charge in [0.2, 0.25) is 17.2 Å². The van der Waals surface area contributed by atoms with Crippen LogP contribution in [-0.4, -0.2) is 50.2 Å². The summed E-state index contributed by atoms with van der Waals surface area (Å²) in [6.45, 7) is 20.0. The standard InChI is InChI=1S/C25H46ClN7/c1-22(2)13-17(14-23(3,4)32-22)9-11-27-20-29-19(26)30-21(31-20)28-12-10-18-15-24(5,6)33-25(7,8)16-18/h17-18,32-33H,9-16H2,1-8H3,(H2,27,28,29,30,31). The lowest BCUT2D eigenvalue weighted by Crippen LogP contribution is -2.57. The van der Waals surface area contributed by atoms with E-state index in [2.05, 4.69) is 91.6 Å². The van der Waals surface area contributed by atoms with Crippen LogP contribution in [0.4, 0.5) is 11.9 Å². The van der Waals surface area contributed by atoms with Gasteiger partial charge >= 0.3 is 0 Å². The maximum atomic E-state index is 6.20. The lowest BCUT2D eigenvalue weighted by Gasteiger charge is -2.46. The van der Waals surface area contributed by atoms with Crippen molar-refractivity contribution in [2.75, 3.05) is 23.7 Å². The highest BCUT2D eigenvalue weighted by atomic mass is 35.5. The zero-order chi connectivity index (χ0) is 24.5. The van der Waals surface area contributed by atoms with E-state index in [1.54, 1.807) is 0 Å². The Morgan fingerprint density at radius 1 is 0.667 bits per heavy atom. The van der Waals surface area contributed by atoms with Crippen LogP contribution < -0.4 is 21.3 Å². The molecule has 2 aliphatic rings. The molecule has 0 atom stereocenters. The largest absolute Gasteiger partial charge is 0.354 e. The van der Waals surface area contributed by atoms with Gasteiger partial charge in [0, 0.05) is 35.2 Å². The van der Waals surface area contributed by atoms with E-state index in [9.17, 15) is 0 Å². The van der Waals surface area contributed by atoms with Crippen LogP contribution in [0.2, 0.25) is 5.28 Å². The van der Waals surface area contributed by atoms with Crippen molar-refractivity contribution in [3.63, 3.8) is 0 Å². The molecule has 0 unspecified atom stereocenters. The van der Waals surface area contributed by atoms with Crippen LogP contribution in [0.1, 0.15) is 93.9 Å². The highest BCUT2D eigenvalue weighted by Gasteiger charge is 2.38. The molecule has 2 fully saturated rings. The van der Waals surface area contributed by atoms with E-state index in [1.807, 2.05) is 0 Å². The van der Waals surface area contributed by atoms with Gasteiger partial charge in [-0.3, -0.25) is 0 Å². The first-order valence-electron chi connectivity index (χ1n) is 12.6. The van der Waals surface area contributed by atoms with Crippen LogP contribution in [-0.2, 0) is 0 Å². The first kappa shape index (κ1) is 26.4. The van der Waals surface area contributed by atoms with Crippen LogP contribution >= 0.6 is 11.6 Å². The van der Waals surface area contributed by atoms with Crippen LogP contribution in [0.3, 0.4) is 0 Å². The van der Waals surface area contributed by atoms with Crippen molar-refractivity contribution in [1.82, 2.24) is 25.6 Å². The summed E-state index contributed by atoms with van der Waals surface area (Å²) in [6.07, 6.45) is 6.87. The number of rotatable bonds is 8. The minimum Gasteiger partial charge on any atom is -0.354 e. The van der Waals surface area contributed by atoms with Gasteiger partial charge in [-0.1, -0.05) is 0 Å². The SMILES string of the molecule is CC1(C)CC(CCNc2nc(Cl)nc(NCCC3CC(C)(C)NC(C)(C)C3)n2)CC(C)(C)N1. The Kier molecular flexibility index (Phi) is 7.87. The van der Waals surface area contributed by atoms with E-state index in [0.29, 0.717) is 23.7 Å². The zero-order valence-electron chi connectivity index (χ0n) is 22.0. The number of nitrogens with one attached hydrogen (secondary N) is 4. The van der Waals surface area contributed by atoms with E-state index in [-0.39, 0.29) is 27.4 Å². The van der Waals surface area contributed by atoms with Gasteiger partial charge in [0.1, 0.15) is 0 Å². The summed E-state index contributed by atoms with van der Waals surface area (Å²) >= 11 is 6.20. The molecule has 3 rings (SSSR count). The lowest BCUT2D eigenvalue weighted by atomic mass is 9.75. The highest BCUT2D eigenvalue weighted by molar-refractivity contribution is 6.28. The second-order valence-electron chi connectivity index (χ2n) is 13.0. The van der Waals surface area contributed by atoms with Gasteiger partial charge < -0.3 is 21.3 Å². The quantitative estimate of drug-likeness (QED) is 0.405. The topological polar surface area (TPSA) is 86.8 Å². The second-order valence-corrected chi connectivity index (χ2v) is 13.4. The molecule has 3 heterocycles. The van der Waals surface area contributed by atoms with Gasteiger partial charge in [0.15, 0.2) is 0 Å². The third kappa shape index (κ3) is 8.52. The average Bonchev–Trinajstić information content (AvgIpc) is 2.55. The molecule has 0 saturated carbocycles. The van der Waals surface area contributed by atoms with E-state index in [0.717, 1.165) is 25.9 Å². The molecule has 2 aliphatic heterocycles. The van der Waals surface area contributed by atoms with Crippen molar-refractivity contribution < 1.29 is 0 Å². The molecule has 0 amide bonds. The van der Waals surface area contributed by atoms with Crippen LogP contribution in [0.25, 0.3) is 0 Å². The summed E-state index contributed by atoms with van der Waals surface area (Å²) in [7, 11) is 0. The molecule has 1 aromatic rings. The molecule has 188 valence electrons. The number of hydrogen-bond acceptors (Lipinski definition) is 7. The summed E-state index contributed by atoms with van der Waals surface area (Å²) in [6, 6.07) is 0. The number of aromatic nitrogens is 3. The Labute approximate surface area is 206 Å². The molecule has 0 radical (unpaired) electrons. The van der Waals surface area contributed by atoms with Gasteiger partial charge in [-0.25, -0.2) is 0 Å². The number of halogens is 1. The average molecular weight is 480 g/mol. The summed E-state index contributed by atoms with van der Waals surface area (Å²) in [5, 5.41) is 14.5. The molecule has 0 aromatic carbocycles. The van der Waals surface area contributed by atoms with Crippen molar-refractivity contribution in [3.05, 3.63) is 5.28 Å². The van der Waals surface area contributed by atoms with Crippen molar-refractivity contribution in [2.45, 2.75) is 116 Å². The van der Waals surface area contributed by atoms with E-state index in [1.165, 1.54) is 25.7 Å². The van der Waals surface area contributed by atoms with Gasteiger partial charge in [-0.15, -0.1) is 0 Å². The highest BCUT2D eigenvalue weighted by Crippen LogP contribution is 2.35. The predicted octanol–water partition coefficient (Wildman–Crippen LogP) is 5.24. The first-order chi connectivity index (χ1) is 15.1. The Hall–Kier alpha value is -1.18. The Balaban J connectivity index is 1.48. The van der Waals surface area contributed by atoms with E-state index < -0.39 is 0 Å². The Morgan fingerprint density at radius 3 is 1.33 bits per heavy atom. The minimum atomic E-state index is 0.165. The summed E-state index contributed by atoms with van der Waals surface area (Å²) in [5.41, 5.74) is 0.662. The third-order valence-corrected chi connectivity index (χ3v) is 7.00. The molecule has 8 heteroatoms. The summed E-state index contributed by atoms with van der Waals surface area (Å²) < 4.78 is 0. The molecule has 4 N–H and O–H groups in total. The molecule has 33 heavy (non-hydrogen) atoms. The first-order valence-corrected chi connectivity index (χ1v) is 13.0. The van der Waals surface area contributed by atoms with Gasteiger partial charge in [0.25, 0.3) is 0 Å². The molecular formula is C25H46ClN7. The minimum absolute atomic E-state index is 0.165. The van der Waals surface area contributed by atoms with E-state index in [4.69, 9.17) is 11.6 Å². The van der Waals surface area contributed by atoms with Crippen molar-refractivity contribution in [1.29, 1.82) is 0 Å².